The molecule has 0 radical (unpaired) electrons. The van der Waals surface area contributed by atoms with Gasteiger partial charge in [-0.3, -0.25) is 4.79 Å². The first-order valence-corrected chi connectivity index (χ1v) is 7.26. The zero-order valence-corrected chi connectivity index (χ0v) is 12.2. The molecular formula is C14H29N3O. The maximum atomic E-state index is 11.4. The van der Waals surface area contributed by atoms with Crippen LogP contribution in [0.25, 0.3) is 0 Å². The van der Waals surface area contributed by atoms with Crippen LogP contribution in [0.15, 0.2) is 0 Å². The fourth-order valence-corrected chi connectivity index (χ4v) is 2.82. The molecule has 1 heterocycles. The van der Waals surface area contributed by atoms with Crippen molar-refractivity contribution in [3.63, 3.8) is 0 Å². The highest BCUT2D eigenvalue weighted by molar-refractivity contribution is 5.84. The number of nitrogens with one attached hydrogen (secondary N) is 1. The largest absolute Gasteiger partial charge is 0.368 e. The van der Waals surface area contributed by atoms with Gasteiger partial charge < -0.3 is 16.0 Å². The van der Waals surface area contributed by atoms with Gasteiger partial charge in [-0.25, -0.2) is 0 Å². The molecule has 0 aliphatic carbocycles. The third-order valence-corrected chi connectivity index (χ3v) is 4.44. The van der Waals surface area contributed by atoms with Crippen molar-refractivity contribution >= 4 is 5.91 Å². The SMILES string of the molecule is CCC1CCCN1CCCCC(C)(NC)C(N)=O. The van der Waals surface area contributed by atoms with E-state index < -0.39 is 5.54 Å². The van der Waals surface area contributed by atoms with E-state index in [1.807, 2.05) is 6.92 Å². The molecule has 0 aromatic rings. The smallest absolute Gasteiger partial charge is 0.237 e. The van der Waals surface area contributed by atoms with Gasteiger partial charge in [0.05, 0.1) is 5.54 Å². The summed E-state index contributed by atoms with van der Waals surface area (Å²) < 4.78 is 0. The Labute approximate surface area is 111 Å². The molecule has 1 aliphatic rings. The molecule has 0 saturated carbocycles. The maximum Gasteiger partial charge on any atom is 0.237 e. The number of rotatable bonds is 8. The van der Waals surface area contributed by atoms with Crippen LogP contribution in [0.4, 0.5) is 0 Å². The Morgan fingerprint density at radius 1 is 1.50 bits per heavy atom. The topological polar surface area (TPSA) is 58.4 Å². The van der Waals surface area contributed by atoms with E-state index in [-0.39, 0.29) is 5.91 Å². The molecule has 1 rings (SSSR count). The van der Waals surface area contributed by atoms with E-state index in [4.69, 9.17) is 5.73 Å². The Kier molecular flexibility index (Phi) is 6.09. The van der Waals surface area contributed by atoms with Crippen molar-refractivity contribution in [2.24, 2.45) is 5.73 Å². The molecule has 1 aliphatic heterocycles. The minimum Gasteiger partial charge on any atom is -0.368 e. The second kappa shape index (κ2) is 7.10. The lowest BCUT2D eigenvalue weighted by atomic mass is 9.94. The molecule has 1 amide bonds. The highest BCUT2D eigenvalue weighted by Crippen LogP contribution is 2.21. The maximum absolute atomic E-state index is 11.4. The van der Waals surface area contributed by atoms with Gasteiger partial charge in [-0.05, 0) is 65.6 Å². The summed E-state index contributed by atoms with van der Waals surface area (Å²) in [6, 6.07) is 0.789. The van der Waals surface area contributed by atoms with Gasteiger partial charge in [0.15, 0.2) is 0 Å². The van der Waals surface area contributed by atoms with Crippen molar-refractivity contribution in [1.82, 2.24) is 10.2 Å². The molecule has 0 spiro atoms. The number of likely N-dealkylation sites (N-methyl/N-ethyl adjacent to an activating group) is 1. The number of primary amides is 1. The summed E-state index contributed by atoms with van der Waals surface area (Å²) in [4.78, 5) is 13.9. The van der Waals surface area contributed by atoms with Gasteiger partial charge in [-0.1, -0.05) is 6.92 Å². The summed E-state index contributed by atoms with van der Waals surface area (Å²) in [5, 5.41) is 3.04. The Bertz CT molecular complexity index is 270. The number of unbranched alkanes of at least 4 members (excludes halogenated alkanes) is 1. The molecular weight excluding hydrogens is 226 g/mol. The monoisotopic (exact) mass is 255 g/mol. The van der Waals surface area contributed by atoms with Crippen LogP contribution in [0.5, 0.6) is 0 Å². The van der Waals surface area contributed by atoms with E-state index >= 15 is 0 Å². The van der Waals surface area contributed by atoms with E-state index in [2.05, 4.69) is 17.1 Å². The average molecular weight is 255 g/mol. The third-order valence-electron chi connectivity index (χ3n) is 4.44. The fourth-order valence-electron chi connectivity index (χ4n) is 2.82. The number of carbonyl (C=O) groups excluding carboxylic acids is 1. The van der Waals surface area contributed by atoms with Crippen LogP contribution in [0.3, 0.4) is 0 Å². The van der Waals surface area contributed by atoms with Crippen LogP contribution in [0, 0.1) is 0 Å². The number of hydrogen-bond donors (Lipinski definition) is 2. The lowest BCUT2D eigenvalue weighted by Crippen LogP contribution is -2.51. The molecule has 2 unspecified atom stereocenters. The van der Waals surface area contributed by atoms with Crippen molar-refractivity contribution in [1.29, 1.82) is 0 Å². The Morgan fingerprint density at radius 3 is 2.78 bits per heavy atom. The van der Waals surface area contributed by atoms with Gasteiger partial charge in [0, 0.05) is 6.04 Å². The van der Waals surface area contributed by atoms with E-state index in [1.54, 1.807) is 7.05 Å². The summed E-state index contributed by atoms with van der Waals surface area (Å²) in [6.07, 6.45) is 6.98. The van der Waals surface area contributed by atoms with Gasteiger partial charge in [-0.2, -0.15) is 0 Å². The lowest BCUT2D eigenvalue weighted by molar-refractivity contribution is -0.123. The van der Waals surface area contributed by atoms with Crippen molar-refractivity contribution in [3.05, 3.63) is 0 Å². The molecule has 106 valence electrons. The molecule has 1 saturated heterocycles. The molecule has 4 heteroatoms. The summed E-state index contributed by atoms with van der Waals surface area (Å²) in [5.74, 6) is -0.252. The van der Waals surface area contributed by atoms with E-state index in [0.29, 0.717) is 0 Å². The molecule has 0 aromatic heterocycles. The standard InChI is InChI=1S/C14H29N3O/c1-4-12-8-7-11-17(12)10-6-5-9-14(2,16-3)13(15)18/h12,16H,4-11H2,1-3H3,(H2,15,18). The van der Waals surface area contributed by atoms with Gasteiger partial charge in [-0.15, -0.1) is 0 Å². The predicted octanol–water partition coefficient (Wildman–Crippen LogP) is 1.49. The van der Waals surface area contributed by atoms with Crippen LogP contribution >= 0.6 is 0 Å². The van der Waals surface area contributed by atoms with Gasteiger partial charge >= 0.3 is 0 Å². The zero-order valence-electron chi connectivity index (χ0n) is 12.2. The highest BCUT2D eigenvalue weighted by atomic mass is 16.1. The summed E-state index contributed by atoms with van der Waals surface area (Å²) in [7, 11) is 1.80. The first kappa shape index (κ1) is 15.4. The zero-order chi connectivity index (χ0) is 13.6. The minimum atomic E-state index is -0.546. The second-order valence-corrected chi connectivity index (χ2v) is 5.64. The quantitative estimate of drug-likeness (QED) is 0.646. The van der Waals surface area contributed by atoms with Gasteiger partial charge in [0.1, 0.15) is 0 Å². The third kappa shape index (κ3) is 3.95. The van der Waals surface area contributed by atoms with Crippen molar-refractivity contribution in [2.45, 2.75) is 64.0 Å². The summed E-state index contributed by atoms with van der Waals surface area (Å²) >= 11 is 0. The predicted molar refractivity (Wildman–Crippen MR) is 75.4 cm³/mol. The molecule has 2 atom stereocenters. The Morgan fingerprint density at radius 2 is 2.22 bits per heavy atom. The fraction of sp³-hybridized carbons (Fsp3) is 0.929. The number of nitrogens with zero attached hydrogens (tertiary/aromatic N) is 1. The number of nitrogens with two attached hydrogens (primary N) is 1. The summed E-state index contributed by atoms with van der Waals surface area (Å²) in [6.45, 7) is 6.57. The first-order chi connectivity index (χ1) is 8.53. The summed E-state index contributed by atoms with van der Waals surface area (Å²) in [5.41, 5.74) is 4.87. The van der Waals surface area contributed by atoms with Crippen molar-refractivity contribution < 1.29 is 4.79 Å². The van der Waals surface area contributed by atoms with E-state index in [1.165, 1.54) is 25.8 Å². The minimum absolute atomic E-state index is 0.252. The highest BCUT2D eigenvalue weighted by Gasteiger charge is 2.28. The van der Waals surface area contributed by atoms with E-state index in [0.717, 1.165) is 31.8 Å². The number of hydrogen-bond acceptors (Lipinski definition) is 3. The molecule has 3 N–H and O–H groups in total. The van der Waals surface area contributed by atoms with Crippen LogP contribution in [0.2, 0.25) is 0 Å². The molecule has 4 nitrogen and oxygen atoms in total. The van der Waals surface area contributed by atoms with Gasteiger partial charge in [0.2, 0.25) is 5.91 Å². The van der Waals surface area contributed by atoms with Crippen LogP contribution in [-0.2, 0) is 4.79 Å². The molecule has 1 fully saturated rings. The normalized spacial score (nSPS) is 24.1. The van der Waals surface area contributed by atoms with E-state index in [9.17, 15) is 4.79 Å². The van der Waals surface area contributed by atoms with Crippen LogP contribution in [0.1, 0.15) is 52.4 Å². The van der Waals surface area contributed by atoms with Gasteiger partial charge in [0.25, 0.3) is 0 Å². The van der Waals surface area contributed by atoms with Crippen LogP contribution < -0.4 is 11.1 Å². The van der Waals surface area contributed by atoms with Crippen molar-refractivity contribution in [2.75, 3.05) is 20.1 Å². The molecule has 0 aromatic carbocycles. The average Bonchev–Trinajstić information content (AvgIpc) is 2.81. The number of carbonyl (C=O) groups is 1. The lowest BCUT2D eigenvalue weighted by Gasteiger charge is -2.27. The first-order valence-electron chi connectivity index (χ1n) is 7.26. The number of amides is 1. The molecule has 0 bridgehead atoms. The van der Waals surface area contributed by atoms with Crippen molar-refractivity contribution in [3.8, 4) is 0 Å². The second-order valence-electron chi connectivity index (χ2n) is 5.64. The number of likely N-dealkylation sites (tertiary alicyclic amines) is 1. The van der Waals surface area contributed by atoms with Crippen LogP contribution in [-0.4, -0.2) is 42.5 Å². The Hall–Kier alpha value is -0.610. The molecule has 18 heavy (non-hydrogen) atoms. The Balaban J connectivity index is 2.24.